The molecule has 4 N–H and O–H groups in total. The van der Waals surface area contributed by atoms with E-state index in [0.717, 1.165) is 0 Å². The van der Waals surface area contributed by atoms with Crippen LogP contribution >= 0.6 is 0 Å². The Hall–Kier alpha value is -1.55. The predicted molar refractivity (Wildman–Crippen MR) is 74.7 cm³/mol. The lowest BCUT2D eigenvalue weighted by molar-refractivity contribution is 0.249. The van der Waals surface area contributed by atoms with Crippen LogP contribution in [-0.4, -0.2) is 19.1 Å². The molecule has 0 aromatic heterocycles. The van der Waals surface area contributed by atoms with E-state index in [-0.39, 0.29) is 6.04 Å². The first kappa shape index (κ1) is 14.5. The molecule has 4 heteroatoms. The van der Waals surface area contributed by atoms with Crippen molar-refractivity contribution in [2.45, 2.75) is 33.7 Å². The molecule has 18 heavy (non-hydrogen) atoms. The highest BCUT2D eigenvalue weighted by atomic mass is 16.2. The van der Waals surface area contributed by atoms with Crippen molar-refractivity contribution in [1.29, 1.82) is 0 Å². The van der Waals surface area contributed by atoms with Gasteiger partial charge in [0.15, 0.2) is 0 Å². The second kappa shape index (κ2) is 6.40. The molecule has 0 saturated carbocycles. The Balaban J connectivity index is 2.58. The van der Waals surface area contributed by atoms with E-state index < -0.39 is 6.03 Å². The summed E-state index contributed by atoms with van der Waals surface area (Å²) in [5.41, 5.74) is 10.2. The lowest BCUT2D eigenvalue weighted by Crippen LogP contribution is -2.36. The molecule has 0 aliphatic heterocycles. The van der Waals surface area contributed by atoms with Crippen molar-refractivity contribution in [3.8, 4) is 0 Å². The fraction of sp³-hybridized carbons (Fsp3) is 0.500. The maximum Gasteiger partial charge on any atom is 0.312 e. The number of aryl methyl sites for hydroxylation is 3. The number of nitrogens with one attached hydrogen (secondary N) is 2. The topological polar surface area (TPSA) is 67.2 Å². The zero-order chi connectivity index (χ0) is 13.7. The molecule has 1 atom stereocenters. The number of amides is 2. The molecule has 0 aliphatic rings. The normalized spacial score (nSPS) is 12.2. The fourth-order valence-electron chi connectivity index (χ4n) is 2.03. The Morgan fingerprint density at radius 1 is 1.17 bits per heavy atom. The van der Waals surface area contributed by atoms with Crippen LogP contribution in [0.4, 0.5) is 4.79 Å². The van der Waals surface area contributed by atoms with Gasteiger partial charge in [-0.1, -0.05) is 12.1 Å². The largest absolute Gasteiger partial charge is 0.352 e. The summed E-state index contributed by atoms with van der Waals surface area (Å²) >= 11 is 0. The summed E-state index contributed by atoms with van der Waals surface area (Å²) in [6.45, 7) is 9.75. The summed E-state index contributed by atoms with van der Waals surface area (Å²) in [7, 11) is 0. The van der Waals surface area contributed by atoms with Gasteiger partial charge in [-0.25, -0.2) is 4.79 Å². The number of benzene rings is 1. The number of nitrogens with two attached hydrogens (primary N) is 1. The van der Waals surface area contributed by atoms with E-state index in [2.05, 4.69) is 50.5 Å². The molecule has 4 nitrogen and oxygen atoms in total. The third kappa shape index (κ3) is 4.04. The van der Waals surface area contributed by atoms with Crippen LogP contribution in [0.2, 0.25) is 0 Å². The van der Waals surface area contributed by atoms with E-state index in [1.165, 1.54) is 22.3 Å². The van der Waals surface area contributed by atoms with Gasteiger partial charge >= 0.3 is 6.03 Å². The number of carbonyl (C=O) groups is 1. The van der Waals surface area contributed by atoms with Crippen LogP contribution in [0.5, 0.6) is 0 Å². The zero-order valence-electron chi connectivity index (χ0n) is 11.6. The molecule has 2 amide bonds. The fourth-order valence-corrected chi connectivity index (χ4v) is 2.03. The molecule has 1 unspecified atom stereocenters. The summed E-state index contributed by atoms with van der Waals surface area (Å²) in [5, 5.41) is 5.94. The number of primary amides is 1. The van der Waals surface area contributed by atoms with Gasteiger partial charge in [-0.2, -0.15) is 0 Å². The molecule has 0 heterocycles. The van der Waals surface area contributed by atoms with Crippen molar-refractivity contribution in [2.24, 2.45) is 5.73 Å². The Labute approximate surface area is 109 Å². The minimum Gasteiger partial charge on any atom is -0.352 e. The molecule has 100 valence electrons. The quantitative estimate of drug-likeness (QED) is 0.698. The van der Waals surface area contributed by atoms with Crippen LogP contribution in [0.25, 0.3) is 0 Å². The average molecular weight is 249 g/mol. The second-order valence-corrected chi connectivity index (χ2v) is 4.76. The minimum absolute atomic E-state index is 0.263. The van der Waals surface area contributed by atoms with Crippen molar-refractivity contribution in [3.63, 3.8) is 0 Å². The lowest BCUT2D eigenvalue weighted by Gasteiger charge is -2.18. The number of rotatable bonds is 5. The molecule has 0 aliphatic carbocycles. The van der Waals surface area contributed by atoms with Gasteiger partial charge in [-0.15, -0.1) is 0 Å². The summed E-state index contributed by atoms with van der Waals surface area (Å²) in [5.74, 6) is 0. The molecule has 0 saturated heterocycles. The monoisotopic (exact) mass is 249 g/mol. The van der Waals surface area contributed by atoms with E-state index in [1.54, 1.807) is 0 Å². The molecule has 1 aromatic carbocycles. The van der Waals surface area contributed by atoms with Crippen molar-refractivity contribution in [3.05, 3.63) is 34.4 Å². The SMILES string of the molecule is Cc1cc(C)c(C(C)NCCNC(N)=O)cc1C. The van der Waals surface area contributed by atoms with E-state index in [1.807, 2.05) is 0 Å². The number of carbonyl (C=O) groups excluding carboxylic acids is 1. The van der Waals surface area contributed by atoms with Crippen LogP contribution in [-0.2, 0) is 0 Å². The van der Waals surface area contributed by atoms with Crippen LogP contribution < -0.4 is 16.4 Å². The summed E-state index contributed by atoms with van der Waals surface area (Å²) in [4.78, 5) is 10.5. The Bertz CT molecular complexity index is 429. The molecule has 0 fully saturated rings. The van der Waals surface area contributed by atoms with Crippen molar-refractivity contribution in [1.82, 2.24) is 10.6 Å². The first-order valence-corrected chi connectivity index (χ1v) is 6.26. The van der Waals surface area contributed by atoms with Gasteiger partial charge in [0, 0.05) is 19.1 Å². The highest BCUT2D eigenvalue weighted by Crippen LogP contribution is 2.21. The smallest absolute Gasteiger partial charge is 0.312 e. The molecule has 1 aromatic rings. The van der Waals surface area contributed by atoms with E-state index in [9.17, 15) is 4.79 Å². The zero-order valence-corrected chi connectivity index (χ0v) is 11.6. The standard InChI is InChI=1S/C14H23N3O/c1-9-7-11(3)13(8-10(9)2)12(4)16-5-6-17-14(15)18/h7-8,12,16H,5-6H2,1-4H3,(H3,15,17,18). The van der Waals surface area contributed by atoms with E-state index >= 15 is 0 Å². The first-order chi connectivity index (χ1) is 8.41. The van der Waals surface area contributed by atoms with Crippen molar-refractivity contribution >= 4 is 6.03 Å². The lowest BCUT2D eigenvalue weighted by atomic mass is 9.96. The van der Waals surface area contributed by atoms with Gasteiger partial charge < -0.3 is 16.4 Å². The molecule has 0 bridgehead atoms. The molecular formula is C14H23N3O. The summed E-state index contributed by atoms with van der Waals surface area (Å²) < 4.78 is 0. The van der Waals surface area contributed by atoms with Gasteiger partial charge in [0.2, 0.25) is 0 Å². The van der Waals surface area contributed by atoms with Crippen LogP contribution in [0.15, 0.2) is 12.1 Å². The maximum absolute atomic E-state index is 10.5. The van der Waals surface area contributed by atoms with Gasteiger partial charge in [-0.3, -0.25) is 0 Å². The van der Waals surface area contributed by atoms with Gasteiger partial charge in [0.25, 0.3) is 0 Å². The number of hydrogen-bond donors (Lipinski definition) is 3. The van der Waals surface area contributed by atoms with E-state index in [0.29, 0.717) is 13.1 Å². The van der Waals surface area contributed by atoms with Gasteiger partial charge in [0.1, 0.15) is 0 Å². The highest BCUT2D eigenvalue weighted by Gasteiger charge is 2.09. The average Bonchev–Trinajstić information content (AvgIpc) is 2.28. The Morgan fingerprint density at radius 2 is 1.78 bits per heavy atom. The number of urea groups is 1. The van der Waals surface area contributed by atoms with Crippen molar-refractivity contribution in [2.75, 3.05) is 13.1 Å². The molecular weight excluding hydrogens is 226 g/mol. The minimum atomic E-state index is -0.480. The third-order valence-electron chi connectivity index (χ3n) is 3.22. The summed E-state index contributed by atoms with van der Waals surface area (Å²) in [6.07, 6.45) is 0. The van der Waals surface area contributed by atoms with Crippen LogP contribution in [0, 0.1) is 20.8 Å². The third-order valence-corrected chi connectivity index (χ3v) is 3.22. The number of hydrogen-bond acceptors (Lipinski definition) is 2. The second-order valence-electron chi connectivity index (χ2n) is 4.76. The van der Waals surface area contributed by atoms with E-state index in [4.69, 9.17) is 5.73 Å². The van der Waals surface area contributed by atoms with Crippen molar-refractivity contribution < 1.29 is 4.79 Å². The molecule has 1 rings (SSSR count). The Kier molecular flexibility index (Phi) is 5.16. The molecule has 0 radical (unpaired) electrons. The van der Waals surface area contributed by atoms with Gasteiger partial charge in [-0.05, 0) is 49.9 Å². The highest BCUT2D eigenvalue weighted by molar-refractivity contribution is 5.71. The van der Waals surface area contributed by atoms with Gasteiger partial charge in [0.05, 0.1) is 0 Å². The Morgan fingerprint density at radius 3 is 2.39 bits per heavy atom. The predicted octanol–water partition coefficient (Wildman–Crippen LogP) is 1.93. The van der Waals surface area contributed by atoms with Crippen LogP contribution in [0.3, 0.4) is 0 Å². The first-order valence-electron chi connectivity index (χ1n) is 6.26. The maximum atomic E-state index is 10.5. The summed E-state index contributed by atoms with van der Waals surface area (Å²) in [6, 6.07) is 4.22. The molecule has 0 spiro atoms. The van der Waals surface area contributed by atoms with Crippen LogP contribution in [0.1, 0.15) is 35.2 Å².